The molecule has 0 amide bonds. The smallest absolute Gasteiger partial charge is 0.263 e. The van der Waals surface area contributed by atoms with Gasteiger partial charge in [-0.15, -0.1) is 0 Å². The van der Waals surface area contributed by atoms with Gasteiger partial charge in [-0.1, -0.05) is 35.3 Å². The van der Waals surface area contributed by atoms with Crippen LogP contribution in [-0.2, 0) is 16.6 Å². The molecule has 0 heterocycles. The first kappa shape index (κ1) is 16.1. The van der Waals surface area contributed by atoms with Crippen molar-refractivity contribution in [2.45, 2.75) is 11.4 Å². The highest BCUT2D eigenvalue weighted by atomic mass is 35.5. The number of hydrogen-bond donors (Lipinski definition) is 2. The highest BCUT2D eigenvalue weighted by molar-refractivity contribution is 7.92. The highest BCUT2D eigenvalue weighted by Crippen LogP contribution is 2.26. The van der Waals surface area contributed by atoms with Crippen LogP contribution in [0.3, 0.4) is 0 Å². The summed E-state index contributed by atoms with van der Waals surface area (Å²) in [6.45, 7) is 0.552. The molecular weight excluding hydrogens is 331 g/mol. The number of benzene rings is 2. The van der Waals surface area contributed by atoms with Crippen molar-refractivity contribution in [1.29, 1.82) is 0 Å². The Morgan fingerprint density at radius 2 is 1.86 bits per heavy atom. The molecule has 0 aliphatic heterocycles. The number of nitrogens with one attached hydrogen (secondary N) is 2. The summed E-state index contributed by atoms with van der Waals surface area (Å²) in [6.07, 6.45) is 0. The molecule has 2 rings (SSSR count). The van der Waals surface area contributed by atoms with E-state index >= 15 is 0 Å². The standard InChI is InChI=1S/C14H14Cl2N2O2S/c1-17-9-10-5-6-13(16)14(7-10)21(19,20)18-12-4-2-3-11(15)8-12/h2-8,17-18H,9H2,1H3. The quantitative estimate of drug-likeness (QED) is 0.872. The number of sulfonamides is 1. The normalized spacial score (nSPS) is 11.4. The lowest BCUT2D eigenvalue weighted by atomic mass is 10.2. The third-order valence-electron chi connectivity index (χ3n) is 2.74. The van der Waals surface area contributed by atoms with Crippen molar-refractivity contribution < 1.29 is 8.42 Å². The van der Waals surface area contributed by atoms with E-state index in [9.17, 15) is 8.42 Å². The second-order valence-corrected chi connectivity index (χ2v) is 6.91. The van der Waals surface area contributed by atoms with E-state index in [4.69, 9.17) is 23.2 Å². The van der Waals surface area contributed by atoms with Crippen LogP contribution in [0.5, 0.6) is 0 Å². The Balaban J connectivity index is 2.37. The van der Waals surface area contributed by atoms with Gasteiger partial charge in [0.15, 0.2) is 0 Å². The predicted molar refractivity (Wildman–Crippen MR) is 86.5 cm³/mol. The van der Waals surface area contributed by atoms with E-state index in [2.05, 4.69) is 10.0 Å². The van der Waals surface area contributed by atoms with Gasteiger partial charge < -0.3 is 5.32 Å². The summed E-state index contributed by atoms with van der Waals surface area (Å²) in [5.41, 5.74) is 1.21. The Labute approximate surface area is 134 Å². The van der Waals surface area contributed by atoms with Crippen LogP contribution in [0, 0.1) is 0 Å². The van der Waals surface area contributed by atoms with Crippen molar-refractivity contribution in [3.8, 4) is 0 Å². The molecule has 0 aliphatic carbocycles. The van der Waals surface area contributed by atoms with Crippen LogP contribution in [-0.4, -0.2) is 15.5 Å². The number of hydrogen-bond acceptors (Lipinski definition) is 3. The Bertz CT molecular complexity index is 748. The molecule has 7 heteroatoms. The van der Waals surface area contributed by atoms with Gasteiger partial charge in [0.2, 0.25) is 0 Å². The van der Waals surface area contributed by atoms with Gasteiger partial charge >= 0.3 is 0 Å². The number of anilines is 1. The Hall–Kier alpha value is -1.27. The fourth-order valence-electron chi connectivity index (χ4n) is 1.83. The van der Waals surface area contributed by atoms with Gasteiger partial charge in [0.05, 0.1) is 10.7 Å². The van der Waals surface area contributed by atoms with Crippen LogP contribution in [0.15, 0.2) is 47.4 Å². The van der Waals surface area contributed by atoms with E-state index < -0.39 is 10.0 Å². The Morgan fingerprint density at radius 3 is 2.52 bits per heavy atom. The molecule has 0 radical (unpaired) electrons. The Kier molecular flexibility index (Phi) is 5.11. The van der Waals surface area contributed by atoms with Crippen molar-refractivity contribution in [1.82, 2.24) is 5.32 Å². The Morgan fingerprint density at radius 1 is 1.10 bits per heavy atom. The van der Waals surface area contributed by atoms with Crippen molar-refractivity contribution in [2.24, 2.45) is 0 Å². The molecule has 2 aromatic carbocycles. The molecule has 4 nitrogen and oxygen atoms in total. The third-order valence-corrected chi connectivity index (χ3v) is 4.84. The first-order valence-corrected chi connectivity index (χ1v) is 8.38. The van der Waals surface area contributed by atoms with E-state index in [0.717, 1.165) is 5.56 Å². The maximum Gasteiger partial charge on any atom is 0.263 e. The van der Waals surface area contributed by atoms with Crippen LogP contribution >= 0.6 is 23.2 Å². The minimum atomic E-state index is -3.77. The average Bonchev–Trinajstić information content (AvgIpc) is 2.40. The first-order chi connectivity index (χ1) is 9.92. The predicted octanol–water partition coefficient (Wildman–Crippen LogP) is 3.51. The van der Waals surface area contributed by atoms with Crippen LogP contribution in [0.25, 0.3) is 0 Å². The lowest BCUT2D eigenvalue weighted by molar-refractivity contribution is 0.601. The zero-order valence-electron chi connectivity index (χ0n) is 11.2. The topological polar surface area (TPSA) is 58.2 Å². The van der Waals surface area contributed by atoms with Gasteiger partial charge in [0, 0.05) is 11.6 Å². The molecule has 0 saturated carbocycles. The zero-order valence-corrected chi connectivity index (χ0v) is 13.6. The van der Waals surface area contributed by atoms with Crippen LogP contribution < -0.4 is 10.0 Å². The molecule has 0 fully saturated rings. The largest absolute Gasteiger partial charge is 0.316 e. The van der Waals surface area contributed by atoms with Crippen molar-refractivity contribution in [3.05, 3.63) is 58.1 Å². The highest BCUT2D eigenvalue weighted by Gasteiger charge is 2.18. The SMILES string of the molecule is CNCc1ccc(Cl)c(S(=O)(=O)Nc2cccc(Cl)c2)c1. The zero-order chi connectivity index (χ0) is 15.5. The van der Waals surface area contributed by atoms with Gasteiger partial charge in [0.25, 0.3) is 10.0 Å². The maximum atomic E-state index is 12.4. The third kappa shape index (κ3) is 4.11. The number of rotatable bonds is 5. The van der Waals surface area contributed by atoms with Crippen molar-refractivity contribution in [3.63, 3.8) is 0 Å². The first-order valence-electron chi connectivity index (χ1n) is 6.14. The summed E-state index contributed by atoms with van der Waals surface area (Å²) >= 11 is 11.9. The van der Waals surface area contributed by atoms with E-state index in [-0.39, 0.29) is 9.92 Å². The summed E-state index contributed by atoms with van der Waals surface area (Å²) < 4.78 is 27.3. The lowest BCUT2D eigenvalue weighted by Crippen LogP contribution is -2.14. The molecular formula is C14H14Cl2N2O2S. The molecule has 0 bridgehead atoms. The van der Waals surface area contributed by atoms with Crippen molar-refractivity contribution in [2.75, 3.05) is 11.8 Å². The van der Waals surface area contributed by atoms with Crippen LogP contribution in [0.2, 0.25) is 10.0 Å². The fraction of sp³-hybridized carbons (Fsp3) is 0.143. The minimum absolute atomic E-state index is 0.0388. The second-order valence-electron chi connectivity index (χ2n) is 4.41. The fourth-order valence-corrected chi connectivity index (χ4v) is 3.62. The maximum absolute atomic E-state index is 12.4. The average molecular weight is 345 g/mol. The molecule has 0 aliphatic rings. The van der Waals surface area contributed by atoms with Crippen molar-refractivity contribution >= 4 is 38.9 Å². The lowest BCUT2D eigenvalue weighted by Gasteiger charge is -2.11. The number of halogens is 2. The molecule has 0 unspecified atom stereocenters. The molecule has 0 atom stereocenters. The molecule has 2 aromatic rings. The van der Waals surface area contributed by atoms with E-state index in [1.165, 1.54) is 6.07 Å². The van der Waals surface area contributed by atoms with Crippen LogP contribution in [0.1, 0.15) is 5.56 Å². The minimum Gasteiger partial charge on any atom is -0.316 e. The van der Waals surface area contributed by atoms with Gasteiger partial charge in [0.1, 0.15) is 4.90 Å². The molecule has 112 valence electrons. The summed E-state index contributed by atoms with van der Waals surface area (Å²) in [6, 6.07) is 11.4. The van der Waals surface area contributed by atoms with Gasteiger partial charge in [-0.3, -0.25) is 4.72 Å². The summed E-state index contributed by atoms with van der Waals surface area (Å²) in [4.78, 5) is 0.0388. The summed E-state index contributed by atoms with van der Waals surface area (Å²) in [7, 11) is -1.99. The molecule has 0 saturated heterocycles. The van der Waals surface area contributed by atoms with Gasteiger partial charge in [-0.2, -0.15) is 0 Å². The van der Waals surface area contributed by atoms with E-state index in [1.54, 1.807) is 43.4 Å². The van der Waals surface area contributed by atoms with E-state index in [0.29, 0.717) is 17.3 Å². The van der Waals surface area contributed by atoms with E-state index in [1.807, 2.05) is 0 Å². The van der Waals surface area contributed by atoms with Crippen LogP contribution in [0.4, 0.5) is 5.69 Å². The molecule has 21 heavy (non-hydrogen) atoms. The summed E-state index contributed by atoms with van der Waals surface area (Å²) in [5.74, 6) is 0. The molecule has 2 N–H and O–H groups in total. The molecule has 0 spiro atoms. The van der Waals surface area contributed by atoms with Gasteiger partial charge in [-0.25, -0.2) is 8.42 Å². The summed E-state index contributed by atoms with van der Waals surface area (Å²) in [5, 5.41) is 3.58. The monoisotopic (exact) mass is 344 g/mol. The molecule has 0 aromatic heterocycles. The van der Waals surface area contributed by atoms with Gasteiger partial charge in [-0.05, 0) is 42.9 Å². The second kappa shape index (κ2) is 6.66.